The summed E-state index contributed by atoms with van der Waals surface area (Å²) in [5, 5.41) is 1.08. The fourth-order valence-corrected chi connectivity index (χ4v) is 2.13. The zero-order valence-corrected chi connectivity index (χ0v) is 12.9. The number of hydrogen-bond acceptors (Lipinski definition) is 3. The van der Waals surface area contributed by atoms with Crippen LogP contribution in [0.3, 0.4) is 0 Å². The van der Waals surface area contributed by atoms with Gasteiger partial charge in [-0.3, -0.25) is 0 Å². The molecule has 1 aromatic carbocycles. The molecule has 0 fully saturated rings. The molecule has 0 spiro atoms. The number of pyridine rings is 1. The van der Waals surface area contributed by atoms with E-state index in [4.69, 9.17) is 21.1 Å². The highest BCUT2D eigenvalue weighted by Gasteiger charge is 2.16. The van der Waals surface area contributed by atoms with Crippen molar-refractivity contribution in [2.45, 2.75) is 31.7 Å². The first-order valence-electron chi connectivity index (χ1n) is 6.68. The zero-order chi connectivity index (χ0) is 14.6. The largest absolute Gasteiger partial charge is 0.478 e. The van der Waals surface area contributed by atoms with Crippen LogP contribution < -0.4 is 4.74 Å². The minimum absolute atomic E-state index is 0.188. The van der Waals surface area contributed by atoms with Crippen LogP contribution in [0.1, 0.15) is 25.8 Å². The van der Waals surface area contributed by atoms with Gasteiger partial charge in [-0.05, 0) is 25.5 Å². The number of halogens is 1. The van der Waals surface area contributed by atoms with Crippen molar-refractivity contribution in [3.63, 3.8) is 0 Å². The Hall–Kier alpha value is -1.32. The SMILES string of the molecule is COC(C)(C)CCOc1cc(CCl)c2ccccc2n1. The molecule has 0 aliphatic rings. The van der Waals surface area contributed by atoms with Gasteiger partial charge in [-0.25, -0.2) is 4.98 Å². The second kappa shape index (κ2) is 6.42. The summed E-state index contributed by atoms with van der Waals surface area (Å²) in [5.41, 5.74) is 1.76. The van der Waals surface area contributed by atoms with Crippen molar-refractivity contribution < 1.29 is 9.47 Å². The topological polar surface area (TPSA) is 31.4 Å². The number of hydrogen-bond donors (Lipinski definition) is 0. The van der Waals surface area contributed by atoms with Crippen molar-refractivity contribution in [3.05, 3.63) is 35.9 Å². The van der Waals surface area contributed by atoms with E-state index in [1.165, 1.54) is 0 Å². The van der Waals surface area contributed by atoms with Crippen molar-refractivity contribution in [3.8, 4) is 5.88 Å². The number of fused-ring (bicyclic) bond motifs is 1. The maximum absolute atomic E-state index is 6.00. The maximum atomic E-state index is 6.00. The van der Waals surface area contributed by atoms with Gasteiger partial charge in [0.2, 0.25) is 5.88 Å². The van der Waals surface area contributed by atoms with Gasteiger partial charge in [0.05, 0.1) is 17.7 Å². The Morgan fingerprint density at radius 3 is 2.70 bits per heavy atom. The molecule has 1 aromatic heterocycles. The summed E-state index contributed by atoms with van der Waals surface area (Å²) in [7, 11) is 1.71. The molecule has 0 atom stereocenters. The highest BCUT2D eigenvalue weighted by atomic mass is 35.5. The van der Waals surface area contributed by atoms with Crippen LogP contribution in [0.2, 0.25) is 0 Å². The van der Waals surface area contributed by atoms with Crippen molar-refractivity contribution in [1.29, 1.82) is 0 Å². The first-order valence-corrected chi connectivity index (χ1v) is 7.22. The first kappa shape index (κ1) is 15.1. The Kier molecular flexibility index (Phi) is 4.84. The standard InChI is InChI=1S/C16H20ClNO2/c1-16(2,19-3)8-9-20-15-10-12(11-17)13-6-4-5-7-14(13)18-15/h4-7,10H,8-9,11H2,1-3H3. The van der Waals surface area contributed by atoms with Crippen LogP contribution in [0.4, 0.5) is 0 Å². The summed E-state index contributed by atoms with van der Waals surface area (Å²) >= 11 is 6.00. The average Bonchev–Trinajstić information content (AvgIpc) is 2.46. The third-order valence-corrected chi connectivity index (χ3v) is 3.72. The number of benzene rings is 1. The maximum Gasteiger partial charge on any atom is 0.214 e. The van der Waals surface area contributed by atoms with E-state index in [1.54, 1.807) is 7.11 Å². The van der Waals surface area contributed by atoms with Gasteiger partial charge in [-0.2, -0.15) is 0 Å². The van der Waals surface area contributed by atoms with Crippen LogP contribution in [0.5, 0.6) is 5.88 Å². The van der Waals surface area contributed by atoms with Crippen LogP contribution in [-0.2, 0) is 10.6 Å². The van der Waals surface area contributed by atoms with Crippen molar-refractivity contribution in [1.82, 2.24) is 4.98 Å². The minimum atomic E-state index is -0.188. The van der Waals surface area contributed by atoms with Crippen LogP contribution >= 0.6 is 11.6 Å². The van der Waals surface area contributed by atoms with Gasteiger partial charge < -0.3 is 9.47 Å². The Morgan fingerprint density at radius 1 is 1.25 bits per heavy atom. The number of alkyl halides is 1. The van der Waals surface area contributed by atoms with E-state index in [0.717, 1.165) is 22.9 Å². The zero-order valence-electron chi connectivity index (χ0n) is 12.1. The molecule has 0 unspecified atom stereocenters. The first-order chi connectivity index (χ1) is 9.55. The van der Waals surface area contributed by atoms with Gasteiger partial charge >= 0.3 is 0 Å². The molecule has 108 valence electrons. The van der Waals surface area contributed by atoms with Gasteiger partial charge in [-0.1, -0.05) is 18.2 Å². The molecule has 0 radical (unpaired) electrons. The van der Waals surface area contributed by atoms with E-state index in [1.807, 2.05) is 44.2 Å². The lowest BCUT2D eigenvalue weighted by molar-refractivity contribution is 0.00511. The number of ether oxygens (including phenoxy) is 2. The molecule has 20 heavy (non-hydrogen) atoms. The Morgan fingerprint density at radius 2 is 2.00 bits per heavy atom. The van der Waals surface area contributed by atoms with E-state index in [-0.39, 0.29) is 5.60 Å². The van der Waals surface area contributed by atoms with Gasteiger partial charge in [0.1, 0.15) is 0 Å². The fourth-order valence-electron chi connectivity index (χ4n) is 1.91. The number of rotatable bonds is 6. The predicted molar refractivity (Wildman–Crippen MR) is 82.5 cm³/mol. The van der Waals surface area contributed by atoms with Crippen molar-refractivity contribution >= 4 is 22.5 Å². The van der Waals surface area contributed by atoms with Gasteiger partial charge in [0.25, 0.3) is 0 Å². The molecule has 2 rings (SSSR count). The Balaban J connectivity index is 2.15. The van der Waals surface area contributed by atoms with E-state index >= 15 is 0 Å². The second-order valence-electron chi connectivity index (χ2n) is 5.33. The Labute approximate surface area is 124 Å². The molecule has 1 heterocycles. The van der Waals surface area contributed by atoms with Crippen LogP contribution in [-0.4, -0.2) is 24.3 Å². The number of methoxy groups -OCH3 is 1. The monoisotopic (exact) mass is 293 g/mol. The molecule has 0 saturated carbocycles. The molecular formula is C16H20ClNO2. The summed E-state index contributed by atoms with van der Waals surface area (Å²) in [6, 6.07) is 9.86. The molecule has 0 N–H and O–H groups in total. The molecular weight excluding hydrogens is 274 g/mol. The van der Waals surface area contributed by atoms with E-state index < -0.39 is 0 Å². The molecule has 3 nitrogen and oxygen atoms in total. The lowest BCUT2D eigenvalue weighted by Gasteiger charge is -2.22. The van der Waals surface area contributed by atoms with Crippen LogP contribution in [0.15, 0.2) is 30.3 Å². The number of nitrogens with zero attached hydrogens (tertiary/aromatic N) is 1. The molecule has 4 heteroatoms. The molecule has 2 aromatic rings. The molecule has 0 amide bonds. The minimum Gasteiger partial charge on any atom is -0.478 e. The highest BCUT2D eigenvalue weighted by molar-refractivity contribution is 6.18. The van der Waals surface area contributed by atoms with Gasteiger partial charge in [0.15, 0.2) is 0 Å². The summed E-state index contributed by atoms with van der Waals surface area (Å²) in [6.07, 6.45) is 0.800. The Bertz CT molecular complexity index is 584. The van der Waals surface area contributed by atoms with E-state index in [2.05, 4.69) is 4.98 Å². The number of para-hydroxylation sites is 1. The average molecular weight is 294 g/mol. The predicted octanol–water partition coefficient (Wildman–Crippen LogP) is 4.17. The van der Waals surface area contributed by atoms with E-state index in [9.17, 15) is 0 Å². The smallest absolute Gasteiger partial charge is 0.214 e. The van der Waals surface area contributed by atoms with Crippen molar-refractivity contribution in [2.75, 3.05) is 13.7 Å². The second-order valence-corrected chi connectivity index (χ2v) is 5.60. The summed E-state index contributed by atoms with van der Waals surface area (Å²) < 4.78 is 11.1. The summed E-state index contributed by atoms with van der Waals surface area (Å²) in [6.45, 7) is 4.64. The lowest BCUT2D eigenvalue weighted by atomic mass is 10.1. The molecule has 0 aliphatic heterocycles. The number of aromatic nitrogens is 1. The molecule has 0 aliphatic carbocycles. The molecule has 0 bridgehead atoms. The molecule has 0 saturated heterocycles. The quantitative estimate of drug-likeness (QED) is 0.749. The highest BCUT2D eigenvalue weighted by Crippen LogP contribution is 2.24. The van der Waals surface area contributed by atoms with Crippen molar-refractivity contribution in [2.24, 2.45) is 0 Å². The summed E-state index contributed by atoms with van der Waals surface area (Å²) in [5.74, 6) is 1.06. The third kappa shape index (κ3) is 3.62. The summed E-state index contributed by atoms with van der Waals surface area (Å²) in [4.78, 5) is 4.51. The normalized spacial score (nSPS) is 11.8. The lowest BCUT2D eigenvalue weighted by Crippen LogP contribution is -2.25. The van der Waals surface area contributed by atoms with Gasteiger partial charge in [0, 0.05) is 30.9 Å². The van der Waals surface area contributed by atoms with Crippen LogP contribution in [0.25, 0.3) is 10.9 Å². The van der Waals surface area contributed by atoms with E-state index in [0.29, 0.717) is 18.4 Å². The van der Waals surface area contributed by atoms with Crippen LogP contribution in [0, 0.1) is 0 Å². The third-order valence-electron chi connectivity index (χ3n) is 3.43. The fraction of sp³-hybridized carbons (Fsp3) is 0.438. The van der Waals surface area contributed by atoms with Gasteiger partial charge in [-0.15, -0.1) is 11.6 Å².